The average Bonchev–Trinajstić information content (AvgIpc) is 1.39. The first-order valence-electron chi connectivity index (χ1n) is 0.894. The molecule has 0 radical (unpaired) electrons. The molecule has 34 valence electrons. The summed E-state index contributed by atoms with van der Waals surface area (Å²) in [6.45, 7) is 0. The Morgan fingerprint density at radius 2 is 0.714 bits per heavy atom. The van der Waals surface area contributed by atoms with Crippen LogP contribution in [0.3, 0.4) is 0 Å². The number of rotatable bonds is 0. The van der Waals surface area contributed by atoms with Gasteiger partial charge in [-0.2, -0.15) is 0 Å². The summed E-state index contributed by atoms with van der Waals surface area (Å²) in [4.78, 5) is 4.00. The Bertz CT molecular complexity index is 58.2. The van der Waals surface area contributed by atoms with Gasteiger partial charge in [-0.15, -0.1) is 0 Å². The summed E-state index contributed by atoms with van der Waals surface area (Å²) < 4.78 is 0. The number of hydrogen-bond acceptors (Lipinski definition) is 4. The normalized spacial score (nSPS) is 2.29. The van der Waals surface area contributed by atoms with Crippen LogP contribution < -0.4 is 9.82 Å². The molecule has 7 heteroatoms. The van der Waals surface area contributed by atoms with E-state index in [2.05, 4.69) is 0 Å². The van der Waals surface area contributed by atoms with Gasteiger partial charge in [0.25, 0.3) is 0 Å². The van der Waals surface area contributed by atoms with Crippen molar-refractivity contribution in [3.8, 4) is 0 Å². The molecule has 0 spiro atoms. The van der Waals surface area contributed by atoms with Crippen molar-refractivity contribution in [1.82, 2.24) is 9.82 Å². The van der Waals surface area contributed by atoms with Crippen LogP contribution in [0.2, 0.25) is 0 Å². The number of hydrogen-bond donors (Lipinski definition) is 4. The van der Waals surface area contributed by atoms with Gasteiger partial charge in [-0.3, -0.25) is 0 Å². The number of nitrogens with one attached hydrogen (secondary N) is 4. The van der Waals surface area contributed by atoms with Gasteiger partial charge in [0.1, 0.15) is 22.1 Å². The van der Waals surface area contributed by atoms with E-state index in [1.165, 1.54) is 0 Å². The first-order valence-corrected chi connectivity index (χ1v) is 0.894. The van der Waals surface area contributed by atoms with E-state index in [-0.39, 0.29) is 29.6 Å². The minimum absolute atomic E-state index is 0. The van der Waals surface area contributed by atoms with Crippen molar-refractivity contribution in [3.05, 3.63) is 0 Å². The van der Waals surface area contributed by atoms with E-state index in [4.69, 9.17) is 22.1 Å². The summed E-state index contributed by atoms with van der Waals surface area (Å²) in [7, 11) is 0. The first-order chi connectivity index (χ1) is 2.83. The third-order valence-electron chi connectivity index (χ3n) is 0. The topological polar surface area (TPSA) is 124 Å². The summed E-state index contributed by atoms with van der Waals surface area (Å²) in [6.07, 6.45) is 0. The van der Waals surface area contributed by atoms with Crippen LogP contribution in [-0.2, 0) is 0 Å². The van der Waals surface area contributed by atoms with Crippen molar-refractivity contribution in [2.24, 2.45) is 0 Å². The molecule has 0 aliphatic rings. The second-order valence-corrected chi connectivity index (χ2v) is 0.224. The first kappa shape index (κ1) is 16.0. The van der Waals surface area contributed by atoms with Gasteiger partial charge in [-0.25, -0.2) is 0 Å². The number of nitrogens with zero attached hydrogens (tertiary/aromatic N) is 2. The molecule has 0 aromatic rings. The molecule has 4 N–H and O–H groups in total. The van der Waals surface area contributed by atoms with Gasteiger partial charge in [0, 0.05) is 0 Å². The predicted molar refractivity (Wildman–Crippen MR) is 22.3 cm³/mol. The molecule has 0 amide bonds. The van der Waals surface area contributed by atoms with Gasteiger partial charge in [0.15, 0.2) is 0 Å². The molecule has 0 aromatic heterocycles. The second-order valence-electron chi connectivity index (χ2n) is 0.224. The van der Waals surface area contributed by atoms with E-state index >= 15 is 0 Å². The molecule has 6 nitrogen and oxygen atoms in total. The van der Waals surface area contributed by atoms with E-state index in [0.717, 1.165) is 0 Å². The predicted octanol–water partition coefficient (Wildman–Crippen LogP) is -0.417. The third kappa shape index (κ3) is 510. The van der Waals surface area contributed by atoms with Crippen molar-refractivity contribution in [2.45, 2.75) is 0 Å². The zero-order valence-electron chi connectivity index (χ0n) is 2.89. The van der Waals surface area contributed by atoms with Crippen LogP contribution in [0.5, 0.6) is 0 Å². The Labute approximate surface area is 61.6 Å². The van der Waals surface area contributed by atoms with Crippen LogP contribution >= 0.6 is 0 Å². The standard InChI is InChI=1S/2H2N3.Na.H/c2*1-3-2;;/h2*1-2H;;/q2*+1;;. The van der Waals surface area contributed by atoms with Crippen LogP contribution in [0.15, 0.2) is 0 Å². The molecule has 0 unspecified atom stereocenters. The van der Waals surface area contributed by atoms with Crippen molar-refractivity contribution in [2.75, 3.05) is 0 Å². The van der Waals surface area contributed by atoms with Crippen molar-refractivity contribution in [3.63, 3.8) is 0 Å². The van der Waals surface area contributed by atoms with Crippen LogP contribution in [0, 0.1) is 22.1 Å². The Hall–Kier alpha value is -0.380. The maximum atomic E-state index is 5.50. The van der Waals surface area contributed by atoms with Crippen LogP contribution in [0.1, 0.15) is 0 Å². The molecule has 0 heterocycles. The summed E-state index contributed by atoms with van der Waals surface area (Å²) >= 11 is 0. The van der Waals surface area contributed by atoms with E-state index in [9.17, 15) is 0 Å². The van der Waals surface area contributed by atoms with Gasteiger partial charge in [-0.05, 0) is 0 Å². The van der Waals surface area contributed by atoms with Gasteiger partial charge < -0.3 is 0 Å². The maximum absolute atomic E-state index is 5.50. The van der Waals surface area contributed by atoms with E-state index in [1.807, 2.05) is 9.82 Å². The summed E-state index contributed by atoms with van der Waals surface area (Å²) in [5.74, 6) is 0. The van der Waals surface area contributed by atoms with E-state index in [1.54, 1.807) is 0 Å². The Balaban J connectivity index is -0.0000000400. The monoisotopic (exact) mass is 112 g/mol. The van der Waals surface area contributed by atoms with Gasteiger partial charge in [-0.1, -0.05) is 0 Å². The van der Waals surface area contributed by atoms with Gasteiger partial charge in [0.05, 0.1) is 0 Å². The molecule has 0 aliphatic carbocycles. The fourth-order valence-corrected chi connectivity index (χ4v) is 0. The van der Waals surface area contributed by atoms with E-state index in [0.29, 0.717) is 0 Å². The van der Waals surface area contributed by atoms with Crippen LogP contribution in [-0.4, -0.2) is 29.6 Å². The fourth-order valence-electron chi connectivity index (χ4n) is 0. The molecule has 0 fully saturated rings. The Kier molecular flexibility index (Phi) is 104. The van der Waals surface area contributed by atoms with Gasteiger partial charge in [0.2, 0.25) is 9.82 Å². The van der Waals surface area contributed by atoms with E-state index < -0.39 is 0 Å². The zero-order chi connectivity index (χ0) is 5.41. The third-order valence-corrected chi connectivity index (χ3v) is 0. The molecule has 0 bridgehead atoms. The summed E-state index contributed by atoms with van der Waals surface area (Å²) in [5.41, 5.74) is 22.0. The minimum atomic E-state index is 0. The molecule has 0 saturated heterocycles. The zero-order valence-corrected chi connectivity index (χ0v) is 2.89. The SMILES string of the molecule is N=[N+]=N.N=[N+]=N.[NaH]. The quantitative estimate of drug-likeness (QED) is 0.185. The average molecular weight is 112 g/mol. The molecule has 0 aromatic carbocycles. The Morgan fingerprint density at radius 3 is 0.714 bits per heavy atom. The second kappa shape index (κ2) is 45.7. The molecule has 0 saturated carbocycles. The Morgan fingerprint density at radius 1 is 0.714 bits per heavy atom. The summed E-state index contributed by atoms with van der Waals surface area (Å²) in [5, 5.41) is 0. The van der Waals surface area contributed by atoms with Gasteiger partial charge >= 0.3 is 29.6 Å². The summed E-state index contributed by atoms with van der Waals surface area (Å²) in [6, 6.07) is 0. The molecular weight excluding hydrogens is 107 g/mol. The van der Waals surface area contributed by atoms with Crippen LogP contribution in [0.25, 0.3) is 0 Å². The van der Waals surface area contributed by atoms with Crippen LogP contribution in [0.4, 0.5) is 0 Å². The molecular formula is H5N6Na+2. The van der Waals surface area contributed by atoms with Crippen molar-refractivity contribution >= 4 is 29.6 Å². The molecule has 0 atom stereocenters. The molecule has 7 heavy (non-hydrogen) atoms. The molecule has 0 aliphatic heterocycles. The van der Waals surface area contributed by atoms with Crippen molar-refractivity contribution < 1.29 is 0 Å². The fraction of sp³-hybridized carbons (Fsp3) is 0. The van der Waals surface area contributed by atoms with Crippen molar-refractivity contribution in [1.29, 1.82) is 22.1 Å². The molecule has 0 rings (SSSR count).